The molecule has 2 N–H and O–H groups in total. The fraction of sp³-hybridized carbons (Fsp3) is 0.133. The van der Waals surface area contributed by atoms with Crippen molar-refractivity contribution in [2.24, 2.45) is 0 Å². The lowest BCUT2D eigenvalue weighted by molar-refractivity contribution is -0.119. The van der Waals surface area contributed by atoms with Gasteiger partial charge in [0.15, 0.2) is 0 Å². The molecule has 0 heterocycles. The van der Waals surface area contributed by atoms with Gasteiger partial charge in [-0.1, -0.05) is 17.7 Å². The zero-order valence-electron chi connectivity index (χ0n) is 12.5. The van der Waals surface area contributed by atoms with E-state index < -0.39 is 32.5 Å². The molecule has 2 aromatic carbocycles. The lowest BCUT2D eigenvalue weighted by Gasteiger charge is -2.09. The molecule has 0 aromatic heterocycles. The molecule has 24 heavy (non-hydrogen) atoms. The van der Waals surface area contributed by atoms with E-state index in [1.165, 1.54) is 11.8 Å². The van der Waals surface area contributed by atoms with Gasteiger partial charge in [0, 0.05) is 4.90 Å². The third-order valence-corrected chi connectivity index (χ3v) is 5.17. The van der Waals surface area contributed by atoms with Crippen LogP contribution < -0.4 is 10.3 Å². The molecule has 0 spiro atoms. The molecule has 1 amide bonds. The van der Waals surface area contributed by atoms with E-state index in [0.717, 1.165) is 16.5 Å². The number of thioether (sulfide) groups is 1. The maximum absolute atomic E-state index is 13.5. The third-order valence-electron chi connectivity index (χ3n) is 2.90. The zero-order chi connectivity index (χ0) is 17.7. The molecule has 9 heteroatoms. The minimum Gasteiger partial charge on any atom is -0.277 e. The number of hydrazine groups is 1. The lowest BCUT2D eigenvalue weighted by Crippen LogP contribution is -2.42. The number of hydrogen-bond donors (Lipinski definition) is 2. The number of sulfonamides is 1. The average Bonchev–Trinajstić information content (AvgIpc) is 2.54. The predicted octanol–water partition coefficient (Wildman–Crippen LogP) is 2.38. The average molecular weight is 372 g/mol. The van der Waals surface area contributed by atoms with Gasteiger partial charge in [-0.3, -0.25) is 10.2 Å². The van der Waals surface area contributed by atoms with Gasteiger partial charge in [-0.2, -0.15) is 0 Å². The van der Waals surface area contributed by atoms with Crippen LogP contribution in [0.2, 0.25) is 0 Å². The summed E-state index contributed by atoms with van der Waals surface area (Å²) in [6.07, 6.45) is 0. The first-order valence-corrected chi connectivity index (χ1v) is 9.20. The summed E-state index contributed by atoms with van der Waals surface area (Å²) in [6, 6.07) is 9.46. The number of carbonyl (C=O) groups excluding carboxylic acids is 1. The van der Waals surface area contributed by atoms with Gasteiger partial charge in [-0.05, 0) is 37.3 Å². The van der Waals surface area contributed by atoms with Gasteiger partial charge < -0.3 is 0 Å². The van der Waals surface area contributed by atoms with Crippen molar-refractivity contribution in [1.29, 1.82) is 0 Å². The van der Waals surface area contributed by atoms with Crippen LogP contribution in [0.25, 0.3) is 0 Å². The molecule has 0 saturated carbocycles. The smallest absolute Gasteiger partial charge is 0.260 e. The minimum atomic E-state index is -4.40. The largest absolute Gasteiger partial charge is 0.277 e. The van der Waals surface area contributed by atoms with Crippen molar-refractivity contribution in [2.45, 2.75) is 16.7 Å². The highest BCUT2D eigenvalue weighted by Gasteiger charge is 2.20. The summed E-state index contributed by atoms with van der Waals surface area (Å²) in [5.74, 6) is -2.69. The Morgan fingerprint density at radius 2 is 1.79 bits per heavy atom. The molecule has 0 aliphatic carbocycles. The molecule has 128 valence electrons. The summed E-state index contributed by atoms with van der Waals surface area (Å²) in [5, 5.41) is 0. The Labute approximate surface area is 142 Å². The van der Waals surface area contributed by atoms with Crippen LogP contribution in [0, 0.1) is 18.6 Å². The molecular formula is C15H14F2N2O3S2. The SMILES string of the molecule is Cc1ccc(SCC(=O)NNS(=O)(=O)c2cc(F)ccc2F)cc1. The number of benzene rings is 2. The van der Waals surface area contributed by atoms with Gasteiger partial charge in [0.2, 0.25) is 5.91 Å². The molecule has 5 nitrogen and oxygen atoms in total. The first-order chi connectivity index (χ1) is 11.3. The highest BCUT2D eigenvalue weighted by atomic mass is 32.2. The van der Waals surface area contributed by atoms with Crippen LogP contribution in [0.3, 0.4) is 0 Å². The Morgan fingerprint density at radius 3 is 2.46 bits per heavy atom. The van der Waals surface area contributed by atoms with Crippen LogP contribution in [0.1, 0.15) is 5.56 Å². The molecule has 0 unspecified atom stereocenters. The van der Waals surface area contributed by atoms with Gasteiger partial charge in [-0.25, -0.2) is 17.2 Å². The molecule has 0 fully saturated rings. The summed E-state index contributed by atoms with van der Waals surface area (Å²) >= 11 is 1.21. The van der Waals surface area contributed by atoms with Crippen LogP contribution >= 0.6 is 11.8 Å². The van der Waals surface area contributed by atoms with Crippen molar-refractivity contribution in [3.63, 3.8) is 0 Å². The van der Waals surface area contributed by atoms with E-state index in [9.17, 15) is 22.0 Å². The number of halogens is 2. The maximum Gasteiger partial charge on any atom is 0.260 e. The Morgan fingerprint density at radius 1 is 1.12 bits per heavy atom. The van der Waals surface area contributed by atoms with Crippen molar-refractivity contribution in [1.82, 2.24) is 10.3 Å². The van der Waals surface area contributed by atoms with Crippen molar-refractivity contribution in [3.05, 3.63) is 59.7 Å². The summed E-state index contributed by atoms with van der Waals surface area (Å²) in [4.78, 5) is 13.4. The van der Waals surface area contributed by atoms with Gasteiger partial charge in [0.05, 0.1) is 5.75 Å². The maximum atomic E-state index is 13.5. The molecule has 0 aliphatic rings. The second-order valence-corrected chi connectivity index (χ2v) is 7.53. The van der Waals surface area contributed by atoms with Gasteiger partial charge in [0.1, 0.15) is 16.5 Å². The summed E-state index contributed by atoms with van der Waals surface area (Å²) in [7, 11) is -4.40. The quantitative estimate of drug-likeness (QED) is 0.603. The molecule has 0 aliphatic heterocycles. The van der Waals surface area contributed by atoms with Crippen molar-refractivity contribution in [2.75, 3.05) is 5.75 Å². The van der Waals surface area contributed by atoms with Gasteiger partial charge >= 0.3 is 0 Å². The normalized spacial score (nSPS) is 11.3. The van der Waals surface area contributed by atoms with E-state index >= 15 is 0 Å². The van der Waals surface area contributed by atoms with Crippen LogP contribution in [-0.2, 0) is 14.8 Å². The van der Waals surface area contributed by atoms with Crippen molar-refractivity contribution >= 4 is 27.7 Å². The van der Waals surface area contributed by atoms with Crippen molar-refractivity contribution < 1.29 is 22.0 Å². The monoisotopic (exact) mass is 372 g/mol. The van der Waals surface area contributed by atoms with E-state index in [4.69, 9.17) is 0 Å². The molecule has 0 atom stereocenters. The summed E-state index contributed by atoms with van der Waals surface area (Å²) < 4.78 is 50.3. The van der Waals surface area contributed by atoms with Gasteiger partial charge in [0.25, 0.3) is 10.0 Å². The van der Waals surface area contributed by atoms with Gasteiger partial charge in [-0.15, -0.1) is 16.6 Å². The summed E-state index contributed by atoms with van der Waals surface area (Å²) in [5.41, 5.74) is 3.04. The number of carbonyl (C=O) groups is 1. The molecule has 2 rings (SSSR count). The fourth-order valence-corrected chi connectivity index (χ4v) is 3.33. The van der Waals surface area contributed by atoms with E-state index in [1.54, 1.807) is 4.83 Å². The van der Waals surface area contributed by atoms with E-state index in [0.29, 0.717) is 12.1 Å². The van der Waals surface area contributed by atoms with Crippen molar-refractivity contribution in [3.8, 4) is 0 Å². The lowest BCUT2D eigenvalue weighted by atomic mass is 10.2. The number of aryl methyl sites for hydroxylation is 1. The topological polar surface area (TPSA) is 75.3 Å². The third kappa shape index (κ3) is 5.02. The number of amides is 1. The molecule has 0 bridgehead atoms. The molecule has 2 aromatic rings. The molecule has 0 saturated heterocycles. The number of hydrogen-bond acceptors (Lipinski definition) is 4. The Bertz CT molecular complexity index is 840. The Balaban J connectivity index is 1.93. The first-order valence-electron chi connectivity index (χ1n) is 6.73. The predicted molar refractivity (Wildman–Crippen MR) is 86.7 cm³/mol. The second-order valence-electron chi connectivity index (χ2n) is 4.83. The fourth-order valence-electron chi connectivity index (χ4n) is 1.68. The Hall–Kier alpha value is -1.97. The van der Waals surface area contributed by atoms with Crippen LogP contribution in [0.5, 0.6) is 0 Å². The first kappa shape index (κ1) is 18.4. The van der Waals surface area contributed by atoms with Crippen LogP contribution in [0.4, 0.5) is 8.78 Å². The molecule has 0 radical (unpaired) electrons. The summed E-state index contributed by atoms with van der Waals surface area (Å²) in [6.45, 7) is 1.93. The standard InChI is InChI=1S/C15H14F2N2O3S2/c1-10-2-5-12(6-3-10)23-9-15(20)18-19-24(21,22)14-8-11(16)4-7-13(14)17/h2-8,19H,9H2,1H3,(H,18,20). The minimum absolute atomic E-state index is 0.0444. The highest BCUT2D eigenvalue weighted by molar-refractivity contribution is 8.00. The number of nitrogens with one attached hydrogen (secondary N) is 2. The van der Waals surface area contributed by atoms with E-state index in [-0.39, 0.29) is 5.75 Å². The zero-order valence-corrected chi connectivity index (χ0v) is 14.2. The molecular weight excluding hydrogens is 358 g/mol. The van der Waals surface area contributed by atoms with E-state index in [1.807, 2.05) is 36.6 Å². The van der Waals surface area contributed by atoms with Crippen LogP contribution in [0.15, 0.2) is 52.3 Å². The number of rotatable bonds is 6. The van der Waals surface area contributed by atoms with Crippen LogP contribution in [-0.4, -0.2) is 20.1 Å². The van der Waals surface area contributed by atoms with E-state index in [2.05, 4.69) is 0 Å². The second kappa shape index (κ2) is 7.73. The Kier molecular flexibility index (Phi) is 5.92. The highest BCUT2D eigenvalue weighted by Crippen LogP contribution is 2.18.